The van der Waals surface area contributed by atoms with E-state index in [9.17, 15) is 0 Å². The summed E-state index contributed by atoms with van der Waals surface area (Å²) in [4.78, 5) is -0.460. The molecule has 1 rings (SSSR count). The van der Waals surface area contributed by atoms with E-state index >= 15 is 0 Å². The predicted molar refractivity (Wildman–Crippen MR) is 75.1 cm³/mol. The molecule has 0 saturated carbocycles. The molecule has 0 aliphatic carbocycles. The summed E-state index contributed by atoms with van der Waals surface area (Å²) in [7, 11) is 0. The van der Waals surface area contributed by atoms with Crippen LogP contribution in [0.4, 0.5) is 0 Å². The molecule has 0 aromatic heterocycles. The fourth-order valence-corrected chi connectivity index (χ4v) is 1.90. The van der Waals surface area contributed by atoms with Crippen LogP contribution in [0.2, 0.25) is 0 Å². The number of hydrogen-bond acceptors (Lipinski definition) is 1. The maximum atomic E-state index is 5.76. The summed E-state index contributed by atoms with van der Waals surface area (Å²) in [5.41, 5.74) is 0.906. The van der Waals surface area contributed by atoms with Gasteiger partial charge in [0.15, 0.2) is 0 Å². The summed E-state index contributed by atoms with van der Waals surface area (Å²) in [5, 5.41) is 0. The van der Waals surface area contributed by atoms with Gasteiger partial charge in [0.2, 0.25) is 0 Å². The van der Waals surface area contributed by atoms with Crippen molar-refractivity contribution in [3.8, 4) is 5.75 Å². The second kappa shape index (κ2) is 8.66. The number of ether oxygens (including phenoxy) is 1. The normalized spacial score (nSPS) is 10.8. The van der Waals surface area contributed by atoms with Crippen molar-refractivity contribution in [3.63, 3.8) is 0 Å². The average molecular weight is 275 g/mol. The van der Waals surface area contributed by atoms with Crippen LogP contribution < -0.4 is 4.74 Å². The highest BCUT2D eigenvalue weighted by molar-refractivity contribution is 6.44. The zero-order chi connectivity index (χ0) is 12.5. The highest BCUT2D eigenvalue weighted by Gasteiger charge is 2.02. The van der Waals surface area contributed by atoms with Crippen LogP contribution in [0.15, 0.2) is 24.3 Å². The third-order valence-electron chi connectivity index (χ3n) is 2.65. The Kier molecular flexibility index (Phi) is 7.46. The van der Waals surface area contributed by atoms with Gasteiger partial charge in [-0.05, 0) is 24.1 Å². The molecule has 0 aliphatic rings. The Hall–Kier alpha value is -0.400. The van der Waals surface area contributed by atoms with E-state index in [0.717, 1.165) is 24.3 Å². The van der Waals surface area contributed by atoms with Crippen LogP contribution in [0.5, 0.6) is 5.75 Å². The van der Waals surface area contributed by atoms with Crippen molar-refractivity contribution in [1.29, 1.82) is 0 Å². The molecule has 0 atom stereocenters. The van der Waals surface area contributed by atoms with Gasteiger partial charge in [-0.1, -0.05) is 44.7 Å². The Bertz CT molecular complexity index is 296. The number of benzene rings is 1. The van der Waals surface area contributed by atoms with E-state index < -0.39 is 4.84 Å². The van der Waals surface area contributed by atoms with Crippen molar-refractivity contribution in [2.75, 3.05) is 6.61 Å². The Morgan fingerprint density at radius 1 is 1.00 bits per heavy atom. The first-order chi connectivity index (χ1) is 8.24. The van der Waals surface area contributed by atoms with Gasteiger partial charge < -0.3 is 4.74 Å². The smallest absolute Gasteiger partial charge is 0.132 e. The summed E-state index contributed by atoms with van der Waals surface area (Å²) in [6.45, 7) is 3.01. The molecule has 17 heavy (non-hydrogen) atoms. The van der Waals surface area contributed by atoms with Gasteiger partial charge in [-0.25, -0.2) is 0 Å². The lowest BCUT2D eigenvalue weighted by atomic mass is 10.2. The maximum absolute atomic E-state index is 5.76. The number of alkyl halides is 2. The molecule has 0 bridgehead atoms. The molecule has 0 heterocycles. The molecule has 1 nitrogen and oxygen atoms in total. The zero-order valence-corrected chi connectivity index (χ0v) is 11.8. The SMILES string of the molecule is CCCCCCCOc1ccc(C(Cl)Cl)cc1. The summed E-state index contributed by atoms with van der Waals surface area (Å²) in [6, 6.07) is 7.63. The number of rotatable bonds is 8. The molecule has 96 valence electrons. The second-order valence-corrected chi connectivity index (χ2v) is 5.23. The van der Waals surface area contributed by atoms with Gasteiger partial charge >= 0.3 is 0 Å². The van der Waals surface area contributed by atoms with Gasteiger partial charge in [0.1, 0.15) is 10.6 Å². The Morgan fingerprint density at radius 3 is 2.24 bits per heavy atom. The third-order valence-corrected chi connectivity index (χ3v) is 3.15. The topological polar surface area (TPSA) is 9.23 Å². The lowest BCUT2D eigenvalue weighted by Crippen LogP contribution is -1.97. The summed E-state index contributed by atoms with van der Waals surface area (Å²) in [5.74, 6) is 0.887. The van der Waals surface area contributed by atoms with Crippen LogP contribution in [0.1, 0.15) is 49.4 Å². The Balaban J connectivity index is 2.19. The first-order valence-electron chi connectivity index (χ1n) is 6.25. The molecule has 0 amide bonds. The van der Waals surface area contributed by atoms with Crippen LogP contribution in [-0.4, -0.2) is 6.61 Å². The van der Waals surface area contributed by atoms with Gasteiger partial charge in [-0.15, -0.1) is 23.2 Å². The lowest BCUT2D eigenvalue weighted by molar-refractivity contribution is 0.304. The molecule has 0 N–H and O–H groups in total. The van der Waals surface area contributed by atoms with E-state index in [4.69, 9.17) is 27.9 Å². The summed E-state index contributed by atoms with van der Waals surface area (Å²) in [6.07, 6.45) is 6.27. The van der Waals surface area contributed by atoms with Crippen molar-refractivity contribution in [2.24, 2.45) is 0 Å². The van der Waals surface area contributed by atoms with Crippen molar-refractivity contribution in [2.45, 2.75) is 43.9 Å². The van der Waals surface area contributed by atoms with Gasteiger partial charge in [0.05, 0.1) is 6.61 Å². The number of hydrogen-bond donors (Lipinski definition) is 0. The molecule has 3 heteroatoms. The lowest BCUT2D eigenvalue weighted by Gasteiger charge is -2.07. The van der Waals surface area contributed by atoms with Crippen LogP contribution in [0.3, 0.4) is 0 Å². The van der Waals surface area contributed by atoms with Gasteiger partial charge in [0, 0.05) is 0 Å². The van der Waals surface area contributed by atoms with E-state index in [1.165, 1.54) is 25.7 Å². The third kappa shape index (κ3) is 6.18. The molecule has 1 aromatic rings. The first kappa shape index (κ1) is 14.7. The molecule has 0 unspecified atom stereocenters. The number of halogens is 2. The molecule has 0 radical (unpaired) electrons. The number of unbranched alkanes of at least 4 members (excludes halogenated alkanes) is 4. The Labute approximate surface area is 114 Å². The summed E-state index contributed by atoms with van der Waals surface area (Å²) < 4.78 is 5.63. The fraction of sp³-hybridized carbons (Fsp3) is 0.571. The molecule has 0 fully saturated rings. The van der Waals surface area contributed by atoms with Crippen molar-refractivity contribution in [3.05, 3.63) is 29.8 Å². The largest absolute Gasteiger partial charge is 0.494 e. The Morgan fingerprint density at radius 2 is 1.65 bits per heavy atom. The van der Waals surface area contributed by atoms with E-state index in [0.29, 0.717) is 0 Å². The molecular formula is C14H20Cl2O. The minimum atomic E-state index is -0.460. The van der Waals surface area contributed by atoms with Crippen LogP contribution >= 0.6 is 23.2 Å². The molecule has 0 aliphatic heterocycles. The minimum Gasteiger partial charge on any atom is -0.494 e. The highest BCUT2D eigenvalue weighted by atomic mass is 35.5. The molecule has 0 saturated heterocycles. The van der Waals surface area contributed by atoms with Crippen molar-refractivity contribution in [1.82, 2.24) is 0 Å². The molecule has 0 spiro atoms. The quantitative estimate of drug-likeness (QED) is 0.449. The standard InChI is InChI=1S/C14H20Cl2O/c1-2-3-4-5-6-11-17-13-9-7-12(8-10-13)14(15)16/h7-10,14H,2-6,11H2,1H3. The second-order valence-electron chi connectivity index (χ2n) is 4.13. The van der Waals surface area contributed by atoms with E-state index in [2.05, 4.69) is 6.92 Å². The first-order valence-corrected chi connectivity index (χ1v) is 7.12. The molecular weight excluding hydrogens is 255 g/mol. The predicted octanol–water partition coefficient (Wildman–Crippen LogP) is 5.51. The maximum Gasteiger partial charge on any atom is 0.132 e. The van der Waals surface area contributed by atoms with Gasteiger partial charge in [-0.3, -0.25) is 0 Å². The van der Waals surface area contributed by atoms with E-state index in [-0.39, 0.29) is 0 Å². The fourth-order valence-electron chi connectivity index (χ4n) is 1.61. The molecule has 1 aromatic carbocycles. The highest BCUT2D eigenvalue weighted by Crippen LogP contribution is 2.26. The van der Waals surface area contributed by atoms with Gasteiger partial charge in [-0.2, -0.15) is 0 Å². The summed E-state index contributed by atoms with van der Waals surface area (Å²) >= 11 is 11.5. The van der Waals surface area contributed by atoms with Crippen molar-refractivity contribution >= 4 is 23.2 Å². The minimum absolute atomic E-state index is 0.460. The van der Waals surface area contributed by atoms with Crippen LogP contribution in [0, 0.1) is 0 Å². The van der Waals surface area contributed by atoms with Crippen molar-refractivity contribution < 1.29 is 4.74 Å². The average Bonchev–Trinajstić information content (AvgIpc) is 2.34. The van der Waals surface area contributed by atoms with Gasteiger partial charge in [0.25, 0.3) is 0 Å². The van der Waals surface area contributed by atoms with E-state index in [1.807, 2.05) is 24.3 Å². The van der Waals surface area contributed by atoms with E-state index in [1.54, 1.807) is 0 Å². The van der Waals surface area contributed by atoms with Crippen LogP contribution in [-0.2, 0) is 0 Å². The monoisotopic (exact) mass is 274 g/mol. The zero-order valence-electron chi connectivity index (χ0n) is 10.3. The van der Waals surface area contributed by atoms with Crippen LogP contribution in [0.25, 0.3) is 0 Å².